The van der Waals surface area contributed by atoms with Crippen LogP contribution in [-0.4, -0.2) is 57.2 Å². The summed E-state index contributed by atoms with van der Waals surface area (Å²) >= 11 is 0. The molecule has 7 heteroatoms. The van der Waals surface area contributed by atoms with Gasteiger partial charge in [0.1, 0.15) is 12.4 Å². The maximum absolute atomic E-state index is 12.4. The van der Waals surface area contributed by atoms with Crippen molar-refractivity contribution in [3.63, 3.8) is 0 Å². The number of unbranched alkanes of at least 4 members (excludes halogenated alkanes) is 1. The van der Waals surface area contributed by atoms with E-state index >= 15 is 0 Å². The topological polar surface area (TPSA) is 67.2 Å². The van der Waals surface area contributed by atoms with Crippen LogP contribution in [0, 0.1) is 0 Å². The van der Waals surface area contributed by atoms with Gasteiger partial charge in [0.15, 0.2) is 17.3 Å². The molecule has 1 N–H and O–H groups in total. The number of anilines is 1. The highest BCUT2D eigenvalue weighted by molar-refractivity contribution is 5.91. The fraction of sp³-hybridized carbons (Fsp3) is 0.370. The lowest BCUT2D eigenvalue weighted by atomic mass is 10.2. The average Bonchev–Trinajstić information content (AvgIpc) is 3.37. The van der Waals surface area contributed by atoms with E-state index in [0.717, 1.165) is 45.6 Å². The third-order valence-corrected chi connectivity index (χ3v) is 6.00. The lowest BCUT2D eigenvalue weighted by Crippen LogP contribution is -2.46. The van der Waals surface area contributed by atoms with Gasteiger partial charge in [-0.25, -0.2) is 0 Å². The molecular formula is C27H33N3O4. The van der Waals surface area contributed by atoms with Crippen LogP contribution in [0.15, 0.2) is 71.1 Å². The summed E-state index contributed by atoms with van der Waals surface area (Å²) in [5.74, 6) is 1.99. The Morgan fingerprint density at radius 2 is 1.65 bits per heavy atom. The number of nitrogens with one attached hydrogen (secondary N) is 1. The predicted octanol–water partition coefficient (Wildman–Crippen LogP) is 4.20. The van der Waals surface area contributed by atoms with Crippen LogP contribution >= 0.6 is 0 Å². The van der Waals surface area contributed by atoms with Gasteiger partial charge in [-0.15, -0.1) is 0 Å². The summed E-state index contributed by atoms with van der Waals surface area (Å²) in [6.07, 6.45) is 2.00. The standard InChI is InChI=1S/C27H33N3O4/c1-32-24-11-5-6-12-25(24)33-21-23-13-14-26(34-23)27(31)28-15-7-8-16-29-17-19-30(20-18-29)22-9-3-2-4-10-22/h2-6,9-14H,7-8,15-21H2,1H3,(H,28,31). The largest absolute Gasteiger partial charge is 0.493 e. The van der Waals surface area contributed by atoms with Gasteiger partial charge in [0.25, 0.3) is 5.91 Å². The zero-order valence-corrected chi connectivity index (χ0v) is 19.7. The molecule has 34 heavy (non-hydrogen) atoms. The minimum Gasteiger partial charge on any atom is -0.493 e. The van der Waals surface area contributed by atoms with E-state index in [-0.39, 0.29) is 12.5 Å². The Hall–Kier alpha value is -3.45. The molecule has 1 aliphatic heterocycles. The first kappa shape index (κ1) is 23.7. The Kier molecular flexibility index (Phi) is 8.46. The first-order valence-electron chi connectivity index (χ1n) is 11.9. The summed E-state index contributed by atoms with van der Waals surface area (Å²) in [5, 5.41) is 2.95. The number of para-hydroxylation sites is 3. The SMILES string of the molecule is COc1ccccc1OCc1ccc(C(=O)NCCCCN2CCN(c3ccccc3)CC2)o1. The second-order valence-corrected chi connectivity index (χ2v) is 8.33. The van der Waals surface area contributed by atoms with Crippen molar-refractivity contribution >= 4 is 11.6 Å². The second kappa shape index (κ2) is 12.1. The van der Waals surface area contributed by atoms with Gasteiger partial charge in [0, 0.05) is 38.4 Å². The molecule has 2 aromatic carbocycles. The molecule has 1 amide bonds. The lowest BCUT2D eigenvalue weighted by Gasteiger charge is -2.36. The molecular weight excluding hydrogens is 430 g/mol. The molecule has 1 fully saturated rings. The highest BCUT2D eigenvalue weighted by Crippen LogP contribution is 2.26. The number of methoxy groups -OCH3 is 1. The molecule has 3 aromatic rings. The minimum absolute atomic E-state index is 0.194. The second-order valence-electron chi connectivity index (χ2n) is 8.33. The number of hydrogen-bond acceptors (Lipinski definition) is 6. The number of hydrogen-bond donors (Lipinski definition) is 1. The van der Waals surface area contributed by atoms with Crippen molar-refractivity contribution in [1.29, 1.82) is 0 Å². The molecule has 0 atom stereocenters. The van der Waals surface area contributed by atoms with Crippen LogP contribution in [0.25, 0.3) is 0 Å². The van der Waals surface area contributed by atoms with Crippen LogP contribution in [0.2, 0.25) is 0 Å². The van der Waals surface area contributed by atoms with Gasteiger partial charge in [-0.05, 0) is 55.8 Å². The summed E-state index contributed by atoms with van der Waals surface area (Å²) < 4.78 is 16.7. The molecule has 0 spiro atoms. The lowest BCUT2D eigenvalue weighted by molar-refractivity contribution is 0.0920. The molecule has 2 heterocycles. The number of carbonyl (C=O) groups excluding carboxylic acids is 1. The number of ether oxygens (including phenoxy) is 2. The van der Waals surface area contributed by atoms with Crippen LogP contribution in [0.4, 0.5) is 5.69 Å². The summed E-state index contributed by atoms with van der Waals surface area (Å²) in [4.78, 5) is 17.3. The van der Waals surface area contributed by atoms with Crippen molar-refractivity contribution in [3.8, 4) is 11.5 Å². The molecule has 0 unspecified atom stereocenters. The first-order chi connectivity index (χ1) is 16.7. The Morgan fingerprint density at radius 3 is 2.41 bits per heavy atom. The molecule has 1 saturated heterocycles. The first-order valence-corrected chi connectivity index (χ1v) is 11.9. The highest BCUT2D eigenvalue weighted by Gasteiger charge is 2.17. The quantitative estimate of drug-likeness (QED) is 0.430. The van der Waals surface area contributed by atoms with Gasteiger partial charge in [-0.2, -0.15) is 0 Å². The third-order valence-electron chi connectivity index (χ3n) is 6.00. The molecule has 0 aliphatic carbocycles. The van der Waals surface area contributed by atoms with Crippen molar-refractivity contribution in [1.82, 2.24) is 10.2 Å². The summed E-state index contributed by atoms with van der Waals surface area (Å²) in [7, 11) is 1.60. The summed E-state index contributed by atoms with van der Waals surface area (Å²) in [6.45, 7) is 6.19. The van der Waals surface area contributed by atoms with Crippen LogP contribution in [0.3, 0.4) is 0 Å². The number of benzene rings is 2. The van der Waals surface area contributed by atoms with Crippen LogP contribution < -0.4 is 19.7 Å². The fourth-order valence-electron chi connectivity index (χ4n) is 4.08. The van der Waals surface area contributed by atoms with Crippen LogP contribution in [0.1, 0.15) is 29.2 Å². The van der Waals surface area contributed by atoms with Gasteiger partial charge in [0.2, 0.25) is 0 Å². The number of nitrogens with zero attached hydrogens (tertiary/aromatic N) is 2. The normalized spacial score (nSPS) is 14.1. The van der Waals surface area contributed by atoms with Gasteiger partial charge in [-0.1, -0.05) is 30.3 Å². The maximum Gasteiger partial charge on any atom is 0.286 e. The predicted molar refractivity (Wildman–Crippen MR) is 133 cm³/mol. The maximum atomic E-state index is 12.4. The van der Waals surface area contributed by atoms with E-state index < -0.39 is 0 Å². The van der Waals surface area contributed by atoms with E-state index in [9.17, 15) is 4.79 Å². The summed E-state index contributed by atoms with van der Waals surface area (Å²) in [5.41, 5.74) is 1.30. The van der Waals surface area contributed by atoms with Gasteiger partial charge in [0.05, 0.1) is 7.11 Å². The zero-order chi connectivity index (χ0) is 23.6. The van der Waals surface area contributed by atoms with Crippen LogP contribution in [0.5, 0.6) is 11.5 Å². The Morgan fingerprint density at radius 1 is 0.912 bits per heavy atom. The number of furan rings is 1. The van der Waals surface area contributed by atoms with Crippen molar-refractivity contribution in [3.05, 3.63) is 78.3 Å². The van der Waals surface area contributed by atoms with E-state index in [1.807, 2.05) is 24.3 Å². The Bertz CT molecular complexity index is 1030. The molecule has 7 nitrogen and oxygen atoms in total. The average molecular weight is 464 g/mol. The molecule has 4 rings (SSSR count). The fourth-order valence-corrected chi connectivity index (χ4v) is 4.08. The van der Waals surface area contributed by atoms with E-state index in [4.69, 9.17) is 13.9 Å². The molecule has 1 aliphatic rings. The van der Waals surface area contributed by atoms with Gasteiger partial charge < -0.3 is 24.1 Å². The smallest absolute Gasteiger partial charge is 0.286 e. The van der Waals surface area contributed by atoms with E-state index in [0.29, 0.717) is 29.6 Å². The van der Waals surface area contributed by atoms with Crippen molar-refractivity contribution < 1.29 is 18.7 Å². The minimum atomic E-state index is -0.194. The van der Waals surface area contributed by atoms with Crippen molar-refractivity contribution in [2.45, 2.75) is 19.4 Å². The Labute approximate surface area is 201 Å². The van der Waals surface area contributed by atoms with Crippen LogP contribution in [-0.2, 0) is 6.61 Å². The zero-order valence-electron chi connectivity index (χ0n) is 19.7. The third kappa shape index (κ3) is 6.54. The van der Waals surface area contributed by atoms with Gasteiger partial charge >= 0.3 is 0 Å². The molecule has 1 aromatic heterocycles. The number of rotatable bonds is 11. The highest BCUT2D eigenvalue weighted by atomic mass is 16.5. The summed E-state index contributed by atoms with van der Waals surface area (Å²) in [6, 6.07) is 21.5. The molecule has 0 bridgehead atoms. The number of amides is 1. The number of carbonyl (C=O) groups is 1. The number of piperazine rings is 1. The molecule has 0 radical (unpaired) electrons. The van der Waals surface area contributed by atoms with E-state index in [1.165, 1.54) is 5.69 Å². The molecule has 180 valence electrons. The van der Waals surface area contributed by atoms with Crippen molar-refractivity contribution in [2.24, 2.45) is 0 Å². The van der Waals surface area contributed by atoms with E-state index in [2.05, 4.69) is 45.4 Å². The van der Waals surface area contributed by atoms with E-state index in [1.54, 1.807) is 19.2 Å². The Balaban J connectivity index is 1.11. The van der Waals surface area contributed by atoms with Crippen molar-refractivity contribution in [2.75, 3.05) is 51.3 Å². The van der Waals surface area contributed by atoms with Gasteiger partial charge in [-0.3, -0.25) is 9.69 Å². The monoisotopic (exact) mass is 463 g/mol. The molecule has 0 saturated carbocycles.